The summed E-state index contributed by atoms with van der Waals surface area (Å²) < 4.78 is 5.22. The second-order valence-corrected chi connectivity index (χ2v) is 7.26. The standard InChI is InChI=1S/C25H28N4O2/c1-4-18(2)20-8-10-22(11-9-20)28-25(27-17-19-12-14-26-15-13-19)29-24(30)21-6-5-7-23(16-21)31-3/h5-16,18H,4,17H2,1-3H3,(H2,27,28,29,30)/t18-/m1/s1. The summed E-state index contributed by atoms with van der Waals surface area (Å²) in [6, 6.07) is 19.0. The van der Waals surface area contributed by atoms with E-state index in [9.17, 15) is 4.79 Å². The smallest absolute Gasteiger partial charge is 0.258 e. The summed E-state index contributed by atoms with van der Waals surface area (Å²) >= 11 is 0. The molecule has 0 unspecified atom stereocenters. The van der Waals surface area contributed by atoms with Crippen LogP contribution in [0.2, 0.25) is 0 Å². The first-order valence-electron chi connectivity index (χ1n) is 10.3. The SMILES string of the molecule is CC[C@@H](C)c1ccc(NC(=NCc2ccncc2)NC(=O)c2cccc(OC)c2)cc1. The molecule has 0 spiro atoms. The number of methoxy groups -OCH3 is 1. The molecule has 0 fully saturated rings. The third-order valence-corrected chi connectivity index (χ3v) is 5.09. The second kappa shape index (κ2) is 10.9. The minimum atomic E-state index is -0.267. The van der Waals surface area contributed by atoms with Crippen LogP contribution in [0.5, 0.6) is 5.75 Å². The molecular formula is C25H28N4O2. The number of aliphatic imine (C=N–C) groups is 1. The summed E-state index contributed by atoms with van der Waals surface area (Å²) in [6.45, 7) is 4.79. The first-order valence-corrected chi connectivity index (χ1v) is 10.3. The number of carbonyl (C=O) groups is 1. The molecule has 0 radical (unpaired) electrons. The quantitative estimate of drug-likeness (QED) is 0.420. The van der Waals surface area contributed by atoms with Crippen LogP contribution in [0.25, 0.3) is 0 Å². The number of guanidine groups is 1. The van der Waals surface area contributed by atoms with Crippen molar-refractivity contribution in [1.29, 1.82) is 0 Å². The second-order valence-electron chi connectivity index (χ2n) is 7.26. The molecule has 6 heteroatoms. The van der Waals surface area contributed by atoms with E-state index in [1.807, 2.05) is 24.3 Å². The Balaban J connectivity index is 1.79. The summed E-state index contributed by atoms with van der Waals surface area (Å²) in [6.07, 6.45) is 4.53. The van der Waals surface area contributed by atoms with Gasteiger partial charge in [0.1, 0.15) is 5.75 Å². The maximum Gasteiger partial charge on any atom is 0.258 e. The summed E-state index contributed by atoms with van der Waals surface area (Å²) in [7, 11) is 1.57. The van der Waals surface area contributed by atoms with Crippen LogP contribution in [-0.2, 0) is 6.54 Å². The number of aromatic nitrogens is 1. The number of nitrogens with one attached hydrogen (secondary N) is 2. The van der Waals surface area contributed by atoms with Gasteiger partial charge in [0.05, 0.1) is 13.7 Å². The predicted octanol–water partition coefficient (Wildman–Crippen LogP) is 5.00. The van der Waals surface area contributed by atoms with E-state index < -0.39 is 0 Å². The third kappa shape index (κ3) is 6.40. The zero-order valence-corrected chi connectivity index (χ0v) is 18.1. The van der Waals surface area contributed by atoms with E-state index >= 15 is 0 Å². The van der Waals surface area contributed by atoms with Crippen molar-refractivity contribution in [2.45, 2.75) is 32.7 Å². The Morgan fingerprint density at radius 1 is 1.10 bits per heavy atom. The molecule has 1 amide bonds. The van der Waals surface area contributed by atoms with Crippen LogP contribution in [-0.4, -0.2) is 24.0 Å². The average Bonchev–Trinajstić information content (AvgIpc) is 2.83. The molecule has 0 saturated heterocycles. The minimum absolute atomic E-state index is 0.267. The van der Waals surface area contributed by atoms with Gasteiger partial charge < -0.3 is 10.1 Å². The van der Waals surface area contributed by atoms with E-state index in [1.54, 1.807) is 43.8 Å². The van der Waals surface area contributed by atoms with Crippen molar-refractivity contribution in [2.24, 2.45) is 4.99 Å². The zero-order chi connectivity index (χ0) is 22.1. The molecule has 3 rings (SSSR count). The van der Waals surface area contributed by atoms with Crippen LogP contribution in [0.15, 0.2) is 78.0 Å². The number of pyridine rings is 1. The van der Waals surface area contributed by atoms with Crippen molar-refractivity contribution < 1.29 is 9.53 Å². The zero-order valence-electron chi connectivity index (χ0n) is 18.1. The van der Waals surface area contributed by atoms with E-state index in [0.29, 0.717) is 29.7 Å². The number of nitrogens with zero attached hydrogens (tertiary/aromatic N) is 2. The molecular weight excluding hydrogens is 388 g/mol. The Morgan fingerprint density at radius 3 is 2.52 bits per heavy atom. The molecule has 0 aliphatic heterocycles. The fourth-order valence-corrected chi connectivity index (χ4v) is 2.98. The highest BCUT2D eigenvalue weighted by Crippen LogP contribution is 2.20. The highest BCUT2D eigenvalue weighted by molar-refractivity contribution is 6.10. The van der Waals surface area contributed by atoms with E-state index in [-0.39, 0.29) is 5.91 Å². The Bertz CT molecular complexity index is 1020. The lowest BCUT2D eigenvalue weighted by molar-refractivity contribution is 0.0976. The van der Waals surface area contributed by atoms with Crippen LogP contribution in [0.4, 0.5) is 5.69 Å². The lowest BCUT2D eigenvalue weighted by Gasteiger charge is -2.14. The van der Waals surface area contributed by atoms with Gasteiger partial charge in [0.15, 0.2) is 0 Å². The summed E-state index contributed by atoms with van der Waals surface area (Å²) in [5.74, 6) is 1.23. The number of carbonyl (C=O) groups excluding carboxylic acids is 1. The van der Waals surface area contributed by atoms with E-state index in [4.69, 9.17) is 4.74 Å². The number of benzene rings is 2. The van der Waals surface area contributed by atoms with Gasteiger partial charge in [-0.3, -0.25) is 15.1 Å². The van der Waals surface area contributed by atoms with Gasteiger partial charge in [-0.2, -0.15) is 0 Å². The molecule has 0 aliphatic rings. The number of hydrogen-bond acceptors (Lipinski definition) is 4. The first-order chi connectivity index (χ1) is 15.1. The van der Waals surface area contributed by atoms with E-state index in [0.717, 1.165) is 17.7 Å². The van der Waals surface area contributed by atoms with Gasteiger partial charge >= 0.3 is 0 Å². The summed E-state index contributed by atoms with van der Waals surface area (Å²) in [5, 5.41) is 6.11. The first kappa shape index (κ1) is 22.0. The largest absolute Gasteiger partial charge is 0.497 e. The van der Waals surface area contributed by atoms with Gasteiger partial charge in [0, 0.05) is 23.6 Å². The highest BCUT2D eigenvalue weighted by atomic mass is 16.5. The number of rotatable bonds is 7. The van der Waals surface area contributed by atoms with Crippen LogP contribution >= 0.6 is 0 Å². The normalized spacial score (nSPS) is 12.2. The number of anilines is 1. The molecule has 0 aliphatic carbocycles. The van der Waals surface area contributed by atoms with Crippen LogP contribution < -0.4 is 15.4 Å². The molecule has 1 aromatic heterocycles. The maximum atomic E-state index is 12.8. The molecule has 160 valence electrons. The van der Waals surface area contributed by atoms with Gasteiger partial charge in [0.2, 0.25) is 5.96 Å². The van der Waals surface area contributed by atoms with Crippen molar-refractivity contribution in [1.82, 2.24) is 10.3 Å². The molecule has 0 bridgehead atoms. The number of ether oxygens (including phenoxy) is 1. The Morgan fingerprint density at radius 2 is 1.84 bits per heavy atom. The molecule has 2 N–H and O–H groups in total. The lowest BCUT2D eigenvalue weighted by Crippen LogP contribution is -2.36. The van der Waals surface area contributed by atoms with Gasteiger partial charge in [-0.05, 0) is 65.9 Å². The lowest BCUT2D eigenvalue weighted by atomic mass is 9.99. The minimum Gasteiger partial charge on any atom is -0.497 e. The van der Waals surface area contributed by atoms with Crippen LogP contribution in [0.1, 0.15) is 47.7 Å². The predicted molar refractivity (Wildman–Crippen MR) is 125 cm³/mol. The fourth-order valence-electron chi connectivity index (χ4n) is 2.98. The van der Waals surface area contributed by atoms with Gasteiger partial charge in [-0.1, -0.05) is 32.0 Å². The van der Waals surface area contributed by atoms with E-state index in [1.165, 1.54) is 5.56 Å². The average molecular weight is 417 g/mol. The molecule has 2 aromatic carbocycles. The summed E-state index contributed by atoms with van der Waals surface area (Å²) in [4.78, 5) is 21.4. The molecule has 3 aromatic rings. The van der Waals surface area contributed by atoms with Gasteiger partial charge in [-0.15, -0.1) is 0 Å². The third-order valence-electron chi connectivity index (χ3n) is 5.09. The van der Waals surface area contributed by atoms with Crippen molar-refractivity contribution in [3.63, 3.8) is 0 Å². The Labute approximate surface area is 183 Å². The van der Waals surface area contributed by atoms with Crippen LogP contribution in [0, 0.1) is 0 Å². The van der Waals surface area contributed by atoms with Crippen LogP contribution in [0.3, 0.4) is 0 Å². The topological polar surface area (TPSA) is 75.6 Å². The number of amides is 1. The van der Waals surface area contributed by atoms with Crippen molar-refractivity contribution >= 4 is 17.6 Å². The molecule has 1 atom stereocenters. The molecule has 31 heavy (non-hydrogen) atoms. The summed E-state index contributed by atoms with van der Waals surface area (Å²) in [5.41, 5.74) is 3.62. The monoisotopic (exact) mass is 416 g/mol. The van der Waals surface area contributed by atoms with E-state index in [2.05, 4.69) is 46.6 Å². The van der Waals surface area contributed by atoms with Crippen molar-refractivity contribution in [2.75, 3.05) is 12.4 Å². The fraction of sp³-hybridized carbons (Fsp3) is 0.240. The number of hydrogen-bond donors (Lipinski definition) is 2. The Kier molecular flexibility index (Phi) is 7.76. The molecule has 1 heterocycles. The van der Waals surface area contributed by atoms with Crippen molar-refractivity contribution in [3.05, 3.63) is 89.7 Å². The van der Waals surface area contributed by atoms with Crippen molar-refractivity contribution in [3.8, 4) is 5.75 Å². The molecule has 6 nitrogen and oxygen atoms in total. The highest BCUT2D eigenvalue weighted by Gasteiger charge is 2.11. The Hall–Kier alpha value is -3.67. The maximum absolute atomic E-state index is 12.8. The van der Waals surface area contributed by atoms with Gasteiger partial charge in [0.25, 0.3) is 5.91 Å². The molecule has 0 saturated carbocycles. The van der Waals surface area contributed by atoms with Gasteiger partial charge in [-0.25, -0.2) is 4.99 Å².